The van der Waals surface area contributed by atoms with Crippen molar-refractivity contribution < 1.29 is 8.83 Å². The molecule has 4 heteroatoms. The molecule has 10 aromatic carbocycles. The predicted molar refractivity (Wildman–Crippen MR) is 267 cm³/mol. The van der Waals surface area contributed by atoms with Crippen LogP contribution in [0.2, 0.25) is 0 Å². The molecule has 302 valence electrons. The highest BCUT2D eigenvalue weighted by Gasteiger charge is 2.26. The fourth-order valence-corrected chi connectivity index (χ4v) is 10.2. The Morgan fingerprint density at radius 1 is 0.438 bits per heavy atom. The summed E-state index contributed by atoms with van der Waals surface area (Å²) in [5, 5.41) is 15.6. The number of fused-ring (bicyclic) bond motifs is 9. The van der Waals surface area contributed by atoms with Gasteiger partial charge in [0.25, 0.3) is 0 Å². The van der Waals surface area contributed by atoms with Gasteiger partial charge in [-0.15, -0.1) is 0 Å². The van der Waals surface area contributed by atoms with Crippen LogP contribution in [0.1, 0.15) is 36.2 Å². The van der Waals surface area contributed by atoms with Crippen molar-refractivity contribution in [3.8, 4) is 22.3 Å². The van der Waals surface area contributed by atoms with Crippen molar-refractivity contribution in [2.24, 2.45) is 4.99 Å². The zero-order valence-corrected chi connectivity index (χ0v) is 35.1. The maximum atomic E-state index is 6.81. The third-order valence-corrected chi connectivity index (χ3v) is 13.3. The van der Waals surface area contributed by atoms with Gasteiger partial charge in [-0.25, -0.2) is 0 Å². The Morgan fingerprint density at radius 3 is 1.80 bits per heavy atom. The van der Waals surface area contributed by atoms with E-state index in [9.17, 15) is 0 Å². The van der Waals surface area contributed by atoms with Gasteiger partial charge in [-0.1, -0.05) is 164 Å². The lowest BCUT2D eigenvalue weighted by Gasteiger charge is -2.22. The van der Waals surface area contributed by atoms with Gasteiger partial charge in [-0.2, -0.15) is 0 Å². The summed E-state index contributed by atoms with van der Waals surface area (Å²) < 4.78 is 13.5. The van der Waals surface area contributed by atoms with Crippen molar-refractivity contribution >= 4 is 87.6 Å². The molecule has 0 bridgehead atoms. The minimum absolute atomic E-state index is 0.405. The van der Waals surface area contributed by atoms with Gasteiger partial charge >= 0.3 is 0 Å². The van der Waals surface area contributed by atoms with Crippen molar-refractivity contribution in [3.63, 3.8) is 0 Å². The van der Waals surface area contributed by atoms with Gasteiger partial charge in [0.1, 0.15) is 28.5 Å². The third-order valence-electron chi connectivity index (χ3n) is 13.3. The third kappa shape index (κ3) is 5.80. The van der Waals surface area contributed by atoms with E-state index < -0.39 is 6.17 Å². The lowest BCUT2D eigenvalue weighted by Crippen LogP contribution is -2.19. The van der Waals surface area contributed by atoms with Crippen LogP contribution in [0.15, 0.2) is 220 Å². The zero-order chi connectivity index (χ0) is 42.3. The van der Waals surface area contributed by atoms with Gasteiger partial charge in [-0.05, 0) is 103 Å². The van der Waals surface area contributed by atoms with Crippen LogP contribution in [0.25, 0.3) is 104 Å². The maximum absolute atomic E-state index is 6.81. The highest BCUT2D eigenvalue weighted by Crippen LogP contribution is 2.45. The molecule has 12 aromatic rings. The van der Waals surface area contributed by atoms with Crippen LogP contribution in [0.4, 0.5) is 0 Å². The van der Waals surface area contributed by atoms with Gasteiger partial charge < -0.3 is 14.2 Å². The number of para-hydroxylation sites is 3. The number of hydrogen-bond acceptors (Lipinski definition) is 4. The van der Waals surface area contributed by atoms with Crippen molar-refractivity contribution in [1.82, 2.24) is 5.32 Å². The number of nitrogens with one attached hydrogen (secondary N) is 1. The molecule has 0 radical (unpaired) electrons. The lowest BCUT2D eigenvalue weighted by molar-refractivity contribution is 0.658. The first kappa shape index (κ1) is 36.4. The Kier molecular flexibility index (Phi) is 8.22. The average Bonchev–Trinajstić information content (AvgIpc) is 3.88. The van der Waals surface area contributed by atoms with E-state index in [-0.39, 0.29) is 0 Å². The van der Waals surface area contributed by atoms with E-state index in [4.69, 9.17) is 13.8 Å². The van der Waals surface area contributed by atoms with Crippen LogP contribution in [0.5, 0.6) is 0 Å². The molecule has 1 N–H and O–H groups in total. The number of hydrogen-bond donors (Lipinski definition) is 1. The first-order valence-corrected chi connectivity index (χ1v) is 22.0. The molecule has 0 spiro atoms. The second-order valence-corrected chi connectivity index (χ2v) is 17.1. The molecule has 3 heterocycles. The van der Waals surface area contributed by atoms with E-state index in [1.54, 1.807) is 0 Å². The van der Waals surface area contributed by atoms with Crippen LogP contribution in [0.3, 0.4) is 0 Å². The van der Waals surface area contributed by atoms with Gasteiger partial charge in [0.2, 0.25) is 0 Å². The number of aliphatic imine (C=N–C) groups is 1. The monoisotopic (exact) mass is 820 g/mol. The van der Waals surface area contributed by atoms with Crippen LogP contribution >= 0.6 is 0 Å². The second-order valence-electron chi connectivity index (χ2n) is 17.1. The standard InChI is InChI=1S/C60H40N2O2/c1-36-33-53(42-28-26-38-14-3-5-16-40(38)35-42)61-60(62-57(36)52-22-12-21-49-47-19-8-10-23-54(47)63-58(49)52)50-32-30-46(44-17-6-7-18-45(44)50)48-31-29-43(41-27-25-37-13-2-4-15-39(37)34-41)59-56(48)51-20-9-11-24-55(51)64-59/h2-32,34-35,60,62H,33H2,1H3. The Bertz CT molecular complexity index is 3940. The van der Waals surface area contributed by atoms with Gasteiger partial charge in [0.05, 0.1) is 0 Å². The highest BCUT2D eigenvalue weighted by molar-refractivity contribution is 6.19. The largest absolute Gasteiger partial charge is 0.455 e. The first-order chi connectivity index (χ1) is 31.6. The number of rotatable bonds is 5. The smallest absolute Gasteiger partial charge is 0.145 e. The molecule has 1 unspecified atom stereocenters. The highest BCUT2D eigenvalue weighted by atomic mass is 16.3. The fraction of sp³-hybridized carbons (Fsp3) is 0.0500. The lowest BCUT2D eigenvalue weighted by atomic mass is 9.89. The van der Waals surface area contributed by atoms with Crippen LogP contribution < -0.4 is 5.32 Å². The molecule has 1 atom stereocenters. The summed E-state index contributed by atoms with van der Waals surface area (Å²) in [4.78, 5) is 5.69. The number of allylic oxidation sites excluding steroid dienone is 1. The van der Waals surface area contributed by atoms with Crippen molar-refractivity contribution in [2.45, 2.75) is 19.5 Å². The molecule has 13 rings (SSSR count). The Morgan fingerprint density at radius 2 is 1.02 bits per heavy atom. The molecule has 0 amide bonds. The summed E-state index contributed by atoms with van der Waals surface area (Å²) in [6.07, 6.45) is 0.274. The van der Waals surface area contributed by atoms with Crippen molar-refractivity contribution in [3.05, 3.63) is 222 Å². The average molecular weight is 821 g/mol. The molecular formula is C60H40N2O2. The van der Waals surface area contributed by atoms with Crippen molar-refractivity contribution in [2.75, 3.05) is 0 Å². The molecule has 2 aromatic heterocycles. The maximum Gasteiger partial charge on any atom is 0.145 e. The first-order valence-electron chi connectivity index (χ1n) is 22.0. The number of benzene rings is 10. The molecule has 64 heavy (non-hydrogen) atoms. The minimum atomic E-state index is -0.405. The summed E-state index contributed by atoms with van der Waals surface area (Å²) in [6, 6.07) is 71.5. The zero-order valence-electron chi connectivity index (χ0n) is 35.1. The quantitative estimate of drug-likeness (QED) is 0.188. The molecular weight excluding hydrogens is 781 g/mol. The fourth-order valence-electron chi connectivity index (χ4n) is 10.2. The van der Waals surface area contributed by atoms with Gasteiger partial charge in [0.15, 0.2) is 0 Å². The van der Waals surface area contributed by atoms with Gasteiger partial charge in [0, 0.05) is 56.1 Å². The predicted octanol–water partition coefficient (Wildman–Crippen LogP) is 16.2. The van der Waals surface area contributed by atoms with Crippen LogP contribution in [-0.2, 0) is 0 Å². The van der Waals surface area contributed by atoms with E-state index in [0.29, 0.717) is 6.42 Å². The molecule has 4 nitrogen and oxygen atoms in total. The summed E-state index contributed by atoms with van der Waals surface area (Å²) >= 11 is 0. The van der Waals surface area contributed by atoms with E-state index in [0.717, 1.165) is 105 Å². The van der Waals surface area contributed by atoms with E-state index >= 15 is 0 Å². The molecule has 0 aliphatic carbocycles. The molecule has 0 saturated carbocycles. The van der Waals surface area contributed by atoms with Crippen molar-refractivity contribution in [1.29, 1.82) is 0 Å². The molecule has 0 saturated heterocycles. The van der Waals surface area contributed by atoms with Crippen LogP contribution in [-0.4, -0.2) is 5.71 Å². The number of furan rings is 2. The van der Waals surface area contributed by atoms with E-state index in [1.165, 1.54) is 27.1 Å². The SMILES string of the molecule is CC1=C(c2cccc3c2oc2ccccc23)NC(c2ccc(-c3ccc(-c4ccc5ccccc5c4)c4oc5ccccc5c34)c3ccccc23)N=C(c2ccc3ccccc3c2)C1. The minimum Gasteiger partial charge on any atom is -0.455 e. The second kappa shape index (κ2) is 14.4. The summed E-state index contributed by atoms with van der Waals surface area (Å²) in [5.74, 6) is 0. The summed E-state index contributed by atoms with van der Waals surface area (Å²) in [5.41, 5.74) is 14.5. The summed E-state index contributed by atoms with van der Waals surface area (Å²) in [7, 11) is 0. The summed E-state index contributed by atoms with van der Waals surface area (Å²) in [6.45, 7) is 2.23. The Balaban J connectivity index is 1.00. The molecule has 1 aliphatic rings. The van der Waals surface area contributed by atoms with E-state index in [2.05, 4.69) is 206 Å². The normalized spacial score (nSPS) is 14.6. The Hall–Kier alpha value is -8.21. The van der Waals surface area contributed by atoms with Crippen LogP contribution in [0, 0.1) is 0 Å². The van der Waals surface area contributed by atoms with E-state index in [1.807, 2.05) is 6.07 Å². The van der Waals surface area contributed by atoms with Gasteiger partial charge in [-0.3, -0.25) is 4.99 Å². The Labute approximate surface area is 369 Å². The molecule has 1 aliphatic heterocycles. The molecule has 0 fully saturated rings. The number of nitrogens with zero attached hydrogens (tertiary/aromatic N) is 1. The topological polar surface area (TPSA) is 50.7 Å².